The van der Waals surface area contributed by atoms with E-state index in [-0.39, 0.29) is 5.82 Å². The molecule has 0 bridgehead atoms. The van der Waals surface area contributed by atoms with E-state index in [0.29, 0.717) is 0 Å². The highest BCUT2D eigenvalue weighted by Crippen LogP contribution is 2.32. The average molecular weight is 338 g/mol. The maximum atomic E-state index is 13.2. The minimum absolute atomic E-state index is 0.227. The van der Waals surface area contributed by atoms with Gasteiger partial charge in [-0.3, -0.25) is 4.98 Å². The molecule has 26 heavy (non-hydrogen) atoms. The fourth-order valence-electron chi connectivity index (χ4n) is 3.41. The second-order valence-electron chi connectivity index (χ2n) is 6.37. The van der Waals surface area contributed by atoms with Crippen LogP contribution in [0.15, 0.2) is 85.1 Å². The lowest BCUT2D eigenvalue weighted by molar-refractivity contribution is 0.628. The number of nitrogens with zero attached hydrogens (tertiary/aromatic N) is 1. The SMILES string of the molecule is Fc1ccc(-c2ccc3ccnc(-c4cc5ccccc5[nH]4)c3c2)cc1. The number of aromatic nitrogens is 2. The topological polar surface area (TPSA) is 28.7 Å². The molecule has 3 aromatic carbocycles. The molecule has 0 unspecified atom stereocenters. The zero-order valence-corrected chi connectivity index (χ0v) is 13.9. The van der Waals surface area contributed by atoms with Crippen LogP contribution in [0.25, 0.3) is 44.2 Å². The van der Waals surface area contributed by atoms with Crippen LogP contribution in [0.4, 0.5) is 4.39 Å². The molecule has 0 aliphatic carbocycles. The molecule has 0 amide bonds. The second-order valence-corrected chi connectivity index (χ2v) is 6.37. The lowest BCUT2D eigenvalue weighted by Gasteiger charge is -2.07. The normalized spacial score (nSPS) is 11.3. The van der Waals surface area contributed by atoms with Gasteiger partial charge in [0.05, 0.1) is 11.4 Å². The van der Waals surface area contributed by atoms with E-state index in [2.05, 4.69) is 46.4 Å². The Balaban J connectivity index is 1.72. The number of fused-ring (bicyclic) bond motifs is 2. The molecular weight excluding hydrogens is 323 g/mol. The molecule has 0 radical (unpaired) electrons. The number of aromatic amines is 1. The van der Waals surface area contributed by atoms with Crippen molar-refractivity contribution >= 4 is 21.7 Å². The molecule has 0 aliphatic heterocycles. The third-order valence-corrected chi connectivity index (χ3v) is 4.73. The van der Waals surface area contributed by atoms with Gasteiger partial charge in [-0.05, 0) is 52.9 Å². The van der Waals surface area contributed by atoms with E-state index in [1.807, 2.05) is 24.4 Å². The van der Waals surface area contributed by atoms with Gasteiger partial charge in [-0.25, -0.2) is 4.39 Å². The van der Waals surface area contributed by atoms with E-state index in [1.165, 1.54) is 12.1 Å². The van der Waals surface area contributed by atoms with Gasteiger partial charge in [-0.15, -0.1) is 0 Å². The van der Waals surface area contributed by atoms with Gasteiger partial charge in [-0.2, -0.15) is 0 Å². The van der Waals surface area contributed by atoms with Crippen LogP contribution in [0.3, 0.4) is 0 Å². The van der Waals surface area contributed by atoms with Gasteiger partial charge < -0.3 is 4.98 Å². The van der Waals surface area contributed by atoms with Crippen molar-refractivity contribution in [3.05, 3.63) is 90.9 Å². The van der Waals surface area contributed by atoms with Gasteiger partial charge in [0.2, 0.25) is 0 Å². The first kappa shape index (κ1) is 14.8. The number of pyridine rings is 1. The Bertz CT molecular complexity index is 1200. The van der Waals surface area contributed by atoms with E-state index in [1.54, 1.807) is 12.1 Å². The van der Waals surface area contributed by atoms with Crippen LogP contribution in [0, 0.1) is 5.82 Å². The largest absolute Gasteiger partial charge is 0.353 e. The molecule has 124 valence electrons. The molecule has 0 spiro atoms. The smallest absolute Gasteiger partial charge is 0.123 e. The molecule has 0 atom stereocenters. The Morgan fingerprint density at radius 2 is 1.54 bits per heavy atom. The monoisotopic (exact) mass is 338 g/mol. The Labute approximate surface area is 150 Å². The van der Waals surface area contributed by atoms with Crippen LogP contribution < -0.4 is 0 Å². The van der Waals surface area contributed by atoms with E-state index >= 15 is 0 Å². The third kappa shape index (κ3) is 2.45. The maximum absolute atomic E-state index is 13.2. The summed E-state index contributed by atoms with van der Waals surface area (Å²) in [5.74, 6) is -0.227. The molecule has 0 saturated carbocycles. The number of H-pyrrole nitrogens is 1. The Kier molecular flexibility index (Phi) is 3.32. The highest BCUT2D eigenvalue weighted by molar-refractivity contribution is 5.98. The number of hydrogen-bond acceptors (Lipinski definition) is 1. The van der Waals surface area contributed by atoms with E-state index < -0.39 is 0 Å². The first-order valence-electron chi connectivity index (χ1n) is 8.51. The number of benzene rings is 3. The fourth-order valence-corrected chi connectivity index (χ4v) is 3.41. The predicted molar refractivity (Wildman–Crippen MR) is 104 cm³/mol. The highest BCUT2D eigenvalue weighted by atomic mass is 19.1. The molecule has 5 aromatic rings. The molecule has 2 heterocycles. The molecule has 2 aromatic heterocycles. The van der Waals surface area contributed by atoms with E-state index in [4.69, 9.17) is 0 Å². The lowest BCUT2D eigenvalue weighted by atomic mass is 10.00. The molecule has 0 fully saturated rings. The number of para-hydroxylation sites is 1. The van der Waals surface area contributed by atoms with Crippen molar-refractivity contribution in [1.82, 2.24) is 9.97 Å². The van der Waals surface area contributed by atoms with Crippen LogP contribution in [-0.4, -0.2) is 9.97 Å². The summed E-state index contributed by atoms with van der Waals surface area (Å²) in [4.78, 5) is 8.09. The minimum Gasteiger partial charge on any atom is -0.353 e. The van der Waals surface area contributed by atoms with Crippen molar-refractivity contribution in [2.24, 2.45) is 0 Å². The van der Waals surface area contributed by atoms with Crippen molar-refractivity contribution in [2.75, 3.05) is 0 Å². The van der Waals surface area contributed by atoms with Crippen LogP contribution in [0.5, 0.6) is 0 Å². The second kappa shape index (κ2) is 5.81. The summed E-state index contributed by atoms with van der Waals surface area (Å²) in [5.41, 5.74) is 5.04. The third-order valence-electron chi connectivity index (χ3n) is 4.73. The van der Waals surface area contributed by atoms with Crippen LogP contribution in [0.2, 0.25) is 0 Å². The van der Waals surface area contributed by atoms with Crippen molar-refractivity contribution < 1.29 is 4.39 Å². The number of hydrogen-bond donors (Lipinski definition) is 1. The highest BCUT2D eigenvalue weighted by Gasteiger charge is 2.10. The standard InChI is InChI=1S/C23H15FN2/c24-19-9-7-15(8-10-19)17-6-5-16-11-12-25-23(20(16)13-17)22-14-18-3-1-2-4-21(18)26-22/h1-14,26H. The van der Waals surface area contributed by atoms with Gasteiger partial charge >= 0.3 is 0 Å². The van der Waals surface area contributed by atoms with Crippen molar-refractivity contribution in [2.45, 2.75) is 0 Å². The molecule has 5 rings (SSSR count). The summed E-state index contributed by atoms with van der Waals surface area (Å²) < 4.78 is 13.2. The Hall–Kier alpha value is -3.46. The first-order valence-corrected chi connectivity index (χ1v) is 8.51. The fraction of sp³-hybridized carbons (Fsp3) is 0. The van der Waals surface area contributed by atoms with Gasteiger partial charge in [0.25, 0.3) is 0 Å². The molecule has 0 aliphatic rings. The summed E-state index contributed by atoms with van der Waals surface area (Å²) in [6, 6.07) is 25.2. The maximum Gasteiger partial charge on any atom is 0.123 e. The molecule has 0 saturated heterocycles. The van der Waals surface area contributed by atoms with Crippen LogP contribution in [-0.2, 0) is 0 Å². The van der Waals surface area contributed by atoms with Gasteiger partial charge in [-0.1, -0.05) is 42.5 Å². The van der Waals surface area contributed by atoms with Crippen molar-refractivity contribution in [1.29, 1.82) is 0 Å². The number of halogens is 1. The predicted octanol–water partition coefficient (Wildman–Crippen LogP) is 6.19. The van der Waals surface area contributed by atoms with Gasteiger partial charge in [0.15, 0.2) is 0 Å². The Morgan fingerprint density at radius 1 is 0.731 bits per heavy atom. The van der Waals surface area contributed by atoms with Gasteiger partial charge in [0.1, 0.15) is 5.82 Å². The summed E-state index contributed by atoms with van der Waals surface area (Å²) in [6.45, 7) is 0. The van der Waals surface area contributed by atoms with E-state index in [0.717, 1.165) is 44.2 Å². The quantitative estimate of drug-likeness (QED) is 0.408. The summed E-state index contributed by atoms with van der Waals surface area (Å²) in [7, 11) is 0. The van der Waals surface area contributed by atoms with Crippen molar-refractivity contribution in [3.63, 3.8) is 0 Å². The average Bonchev–Trinajstić information content (AvgIpc) is 3.12. The number of nitrogens with one attached hydrogen (secondary N) is 1. The summed E-state index contributed by atoms with van der Waals surface area (Å²) >= 11 is 0. The van der Waals surface area contributed by atoms with E-state index in [9.17, 15) is 4.39 Å². The zero-order valence-electron chi connectivity index (χ0n) is 13.9. The molecule has 2 nitrogen and oxygen atoms in total. The zero-order chi connectivity index (χ0) is 17.5. The molecular formula is C23H15FN2. The summed E-state index contributed by atoms with van der Waals surface area (Å²) in [5, 5.41) is 3.36. The van der Waals surface area contributed by atoms with Crippen LogP contribution in [0.1, 0.15) is 0 Å². The minimum atomic E-state index is -0.227. The van der Waals surface area contributed by atoms with Gasteiger partial charge in [0, 0.05) is 22.5 Å². The molecule has 1 N–H and O–H groups in total. The van der Waals surface area contributed by atoms with Crippen molar-refractivity contribution in [3.8, 4) is 22.5 Å². The Morgan fingerprint density at radius 3 is 2.38 bits per heavy atom. The first-order chi connectivity index (χ1) is 12.8. The molecule has 3 heteroatoms. The van der Waals surface area contributed by atoms with Crippen LogP contribution >= 0.6 is 0 Å². The lowest BCUT2D eigenvalue weighted by Crippen LogP contribution is -1.87. The number of rotatable bonds is 2. The summed E-state index contributed by atoms with van der Waals surface area (Å²) in [6.07, 6.45) is 1.83.